The molecule has 100 valence electrons. The van der Waals surface area contributed by atoms with Crippen LogP contribution >= 0.6 is 11.6 Å². The number of rotatable bonds is 4. The molecule has 0 aliphatic carbocycles. The van der Waals surface area contributed by atoms with Gasteiger partial charge in [-0.3, -0.25) is 9.48 Å². The molecular formula is C13H20ClN3O. The van der Waals surface area contributed by atoms with Crippen LogP contribution in [0.3, 0.4) is 0 Å². The molecule has 1 N–H and O–H groups in total. The minimum Gasteiger partial charge on any atom is -0.316 e. The highest BCUT2D eigenvalue weighted by Crippen LogP contribution is 2.21. The van der Waals surface area contributed by atoms with Crippen LogP contribution in [0.15, 0.2) is 0 Å². The Morgan fingerprint density at radius 2 is 2.39 bits per heavy atom. The molecule has 1 atom stereocenters. The average Bonchev–Trinajstić information content (AvgIpc) is 2.57. The fourth-order valence-electron chi connectivity index (χ4n) is 2.56. The number of nitrogens with zero attached hydrogens (tertiary/aromatic N) is 2. The number of ketones is 1. The Bertz CT molecular complexity index is 436. The molecule has 1 fully saturated rings. The maximum absolute atomic E-state index is 12.1. The summed E-state index contributed by atoms with van der Waals surface area (Å²) in [6.07, 6.45) is 3.38. The minimum absolute atomic E-state index is 0.265. The zero-order valence-corrected chi connectivity index (χ0v) is 11.8. The summed E-state index contributed by atoms with van der Waals surface area (Å²) in [5.74, 6) is 0.753. The summed E-state index contributed by atoms with van der Waals surface area (Å²) in [7, 11) is 1.80. The van der Waals surface area contributed by atoms with Gasteiger partial charge in [0.1, 0.15) is 10.9 Å². The number of nitrogens with one attached hydrogen (secondary N) is 1. The molecule has 5 heteroatoms. The van der Waals surface area contributed by atoms with Crippen LogP contribution in [0.5, 0.6) is 0 Å². The third kappa shape index (κ3) is 3.12. The fourth-order valence-corrected chi connectivity index (χ4v) is 2.81. The molecule has 0 radical (unpaired) electrons. The Kier molecular flexibility index (Phi) is 4.40. The molecule has 1 saturated heterocycles. The first-order valence-corrected chi connectivity index (χ1v) is 6.86. The van der Waals surface area contributed by atoms with Crippen LogP contribution in [0.1, 0.15) is 30.5 Å². The summed E-state index contributed by atoms with van der Waals surface area (Å²) in [4.78, 5) is 12.1. The monoisotopic (exact) mass is 269 g/mol. The second kappa shape index (κ2) is 5.85. The van der Waals surface area contributed by atoms with E-state index in [-0.39, 0.29) is 5.78 Å². The van der Waals surface area contributed by atoms with Gasteiger partial charge in [0.2, 0.25) is 0 Å². The quantitative estimate of drug-likeness (QED) is 0.908. The van der Waals surface area contributed by atoms with Gasteiger partial charge in [0.15, 0.2) is 0 Å². The molecular weight excluding hydrogens is 250 g/mol. The van der Waals surface area contributed by atoms with E-state index in [4.69, 9.17) is 11.6 Å². The second-order valence-electron chi connectivity index (χ2n) is 5.11. The van der Waals surface area contributed by atoms with Gasteiger partial charge in [0.05, 0.1) is 5.69 Å². The number of halogens is 1. The molecule has 0 aromatic carbocycles. The standard InChI is InChI=1S/C13H20ClN3O/c1-9-12(13(14)17(2)16-9)7-11(18)6-10-4-3-5-15-8-10/h10,15H,3-8H2,1-2H3. The molecule has 2 heterocycles. The smallest absolute Gasteiger partial charge is 0.137 e. The topological polar surface area (TPSA) is 46.9 Å². The summed E-state index contributed by atoms with van der Waals surface area (Å²) in [5.41, 5.74) is 1.74. The van der Waals surface area contributed by atoms with Crippen molar-refractivity contribution in [1.29, 1.82) is 0 Å². The number of carbonyl (C=O) groups is 1. The van der Waals surface area contributed by atoms with E-state index >= 15 is 0 Å². The predicted molar refractivity (Wildman–Crippen MR) is 71.9 cm³/mol. The molecule has 0 bridgehead atoms. The van der Waals surface area contributed by atoms with Crippen molar-refractivity contribution in [3.63, 3.8) is 0 Å². The Labute approximate surface area is 113 Å². The summed E-state index contributed by atoms with van der Waals surface area (Å²) in [6.45, 7) is 3.94. The predicted octanol–water partition coefficient (Wildman–Crippen LogP) is 1.88. The first-order chi connectivity index (χ1) is 8.58. The van der Waals surface area contributed by atoms with Gasteiger partial charge in [0, 0.05) is 25.5 Å². The number of hydrogen-bond donors (Lipinski definition) is 1. The van der Waals surface area contributed by atoms with Crippen molar-refractivity contribution in [2.45, 2.75) is 32.6 Å². The Morgan fingerprint density at radius 1 is 1.61 bits per heavy atom. The van der Waals surface area contributed by atoms with E-state index in [1.54, 1.807) is 11.7 Å². The van der Waals surface area contributed by atoms with Gasteiger partial charge >= 0.3 is 0 Å². The number of Topliss-reactive ketones (excluding diaryl/α,β-unsaturated/α-hetero) is 1. The van der Waals surface area contributed by atoms with Crippen LogP contribution in [0.25, 0.3) is 0 Å². The molecule has 0 spiro atoms. The lowest BCUT2D eigenvalue weighted by Gasteiger charge is -2.21. The van der Waals surface area contributed by atoms with Crippen LogP contribution in [0.2, 0.25) is 5.15 Å². The van der Waals surface area contributed by atoms with Crippen LogP contribution in [0.4, 0.5) is 0 Å². The lowest BCUT2D eigenvalue weighted by molar-refractivity contribution is -0.119. The van der Waals surface area contributed by atoms with Crippen LogP contribution in [-0.2, 0) is 18.3 Å². The van der Waals surface area contributed by atoms with Gasteiger partial charge in [-0.2, -0.15) is 5.10 Å². The average molecular weight is 270 g/mol. The van der Waals surface area contributed by atoms with Crippen LogP contribution in [-0.4, -0.2) is 28.7 Å². The Hall–Kier alpha value is -0.870. The number of aryl methyl sites for hydroxylation is 2. The van der Waals surface area contributed by atoms with Crippen molar-refractivity contribution in [2.75, 3.05) is 13.1 Å². The van der Waals surface area contributed by atoms with E-state index in [0.29, 0.717) is 23.9 Å². The SMILES string of the molecule is Cc1nn(C)c(Cl)c1CC(=O)CC1CCCNC1. The lowest BCUT2D eigenvalue weighted by Crippen LogP contribution is -2.31. The van der Waals surface area contributed by atoms with Crippen molar-refractivity contribution >= 4 is 17.4 Å². The van der Waals surface area contributed by atoms with E-state index in [1.807, 2.05) is 6.92 Å². The summed E-state index contributed by atoms with van der Waals surface area (Å²) >= 11 is 6.14. The summed E-state index contributed by atoms with van der Waals surface area (Å²) < 4.78 is 1.63. The van der Waals surface area contributed by atoms with Gasteiger partial charge in [-0.25, -0.2) is 0 Å². The maximum Gasteiger partial charge on any atom is 0.137 e. The molecule has 0 amide bonds. The lowest BCUT2D eigenvalue weighted by atomic mass is 9.92. The number of carbonyl (C=O) groups excluding carboxylic acids is 1. The zero-order valence-electron chi connectivity index (χ0n) is 11.0. The molecule has 18 heavy (non-hydrogen) atoms. The molecule has 4 nitrogen and oxygen atoms in total. The fraction of sp³-hybridized carbons (Fsp3) is 0.692. The Morgan fingerprint density at radius 3 is 2.94 bits per heavy atom. The third-order valence-electron chi connectivity index (χ3n) is 3.56. The van der Waals surface area contributed by atoms with Crippen molar-refractivity contribution in [1.82, 2.24) is 15.1 Å². The number of piperidine rings is 1. The van der Waals surface area contributed by atoms with Gasteiger partial charge in [0.25, 0.3) is 0 Å². The highest BCUT2D eigenvalue weighted by Gasteiger charge is 2.19. The highest BCUT2D eigenvalue weighted by atomic mass is 35.5. The molecule has 1 unspecified atom stereocenters. The van der Waals surface area contributed by atoms with E-state index in [2.05, 4.69) is 10.4 Å². The van der Waals surface area contributed by atoms with E-state index in [0.717, 1.165) is 30.8 Å². The van der Waals surface area contributed by atoms with Crippen molar-refractivity contribution in [3.05, 3.63) is 16.4 Å². The highest BCUT2D eigenvalue weighted by molar-refractivity contribution is 6.30. The van der Waals surface area contributed by atoms with Crippen LogP contribution < -0.4 is 5.32 Å². The van der Waals surface area contributed by atoms with Crippen molar-refractivity contribution < 1.29 is 4.79 Å². The Balaban J connectivity index is 1.94. The third-order valence-corrected chi connectivity index (χ3v) is 4.03. The zero-order chi connectivity index (χ0) is 13.1. The summed E-state index contributed by atoms with van der Waals surface area (Å²) in [6, 6.07) is 0. The molecule has 1 aliphatic rings. The van der Waals surface area contributed by atoms with Gasteiger partial charge in [-0.1, -0.05) is 11.6 Å². The number of aromatic nitrogens is 2. The van der Waals surface area contributed by atoms with Crippen LogP contribution in [0, 0.1) is 12.8 Å². The second-order valence-corrected chi connectivity index (χ2v) is 5.47. The number of hydrogen-bond acceptors (Lipinski definition) is 3. The molecule has 2 rings (SSSR count). The molecule has 1 aromatic rings. The van der Waals surface area contributed by atoms with Crippen molar-refractivity contribution in [3.8, 4) is 0 Å². The van der Waals surface area contributed by atoms with Gasteiger partial charge < -0.3 is 5.32 Å². The minimum atomic E-state index is 0.265. The first kappa shape index (κ1) is 13.6. The molecule has 0 saturated carbocycles. The molecule has 1 aliphatic heterocycles. The van der Waals surface area contributed by atoms with E-state index < -0.39 is 0 Å². The van der Waals surface area contributed by atoms with Gasteiger partial charge in [-0.15, -0.1) is 0 Å². The summed E-state index contributed by atoms with van der Waals surface area (Å²) in [5, 5.41) is 8.15. The van der Waals surface area contributed by atoms with Gasteiger partial charge in [-0.05, 0) is 38.8 Å². The maximum atomic E-state index is 12.1. The molecule has 1 aromatic heterocycles. The first-order valence-electron chi connectivity index (χ1n) is 6.48. The van der Waals surface area contributed by atoms with E-state index in [1.165, 1.54) is 6.42 Å². The normalized spacial score (nSPS) is 20.1. The van der Waals surface area contributed by atoms with E-state index in [9.17, 15) is 4.79 Å². The largest absolute Gasteiger partial charge is 0.316 e. The van der Waals surface area contributed by atoms with Crippen molar-refractivity contribution in [2.24, 2.45) is 13.0 Å².